The van der Waals surface area contributed by atoms with Gasteiger partial charge >= 0.3 is 0 Å². The summed E-state index contributed by atoms with van der Waals surface area (Å²) < 4.78 is 1.90. The minimum absolute atomic E-state index is 0.751. The van der Waals surface area contributed by atoms with Crippen molar-refractivity contribution >= 4 is 0 Å². The van der Waals surface area contributed by atoms with Crippen molar-refractivity contribution < 1.29 is 0 Å². The zero-order valence-electron chi connectivity index (χ0n) is 10.0. The third-order valence-electron chi connectivity index (χ3n) is 2.56. The van der Waals surface area contributed by atoms with Crippen molar-refractivity contribution in [2.75, 3.05) is 6.54 Å². The molecule has 0 spiro atoms. The average Bonchev–Trinajstić information content (AvgIpc) is 2.83. The van der Waals surface area contributed by atoms with Gasteiger partial charge in [-0.2, -0.15) is 5.10 Å². The Hall–Kier alpha value is -1.75. The predicted molar refractivity (Wildman–Crippen MR) is 65.3 cm³/mol. The third kappa shape index (κ3) is 3.35. The minimum atomic E-state index is 0.751. The zero-order chi connectivity index (χ0) is 11.9. The molecule has 1 N–H and O–H groups in total. The van der Waals surface area contributed by atoms with Crippen LogP contribution < -0.4 is 5.32 Å². The molecule has 2 aromatic heterocycles. The van der Waals surface area contributed by atoms with Gasteiger partial charge in [0.15, 0.2) is 0 Å². The molecule has 2 heterocycles. The van der Waals surface area contributed by atoms with Gasteiger partial charge in [0.25, 0.3) is 0 Å². The summed E-state index contributed by atoms with van der Waals surface area (Å²) in [6.45, 7) is 4.57. The van der Waals surface area contributed by atoms with Gasteiger partial charge in [-0.25, -0.2) is 9.67 Å². The van der Waals surface area contributed by atoms with Gasteiger partial charge in [0, 0.05) is 31.4 Å². The van der Waals surface area contributed by atoms with E-state index in [-0.39, 0.29) is 0 Å². The summed E-state index contributed by atoms with van der Waals surface area (Å²) in [7, 11) is 0. The number of hydrogen-bond acceptors (Lipinski definition) is 4. The molecule has 0 saturated carbocycles. The number of pyridine rings is 1. The molecule has 0 aliphatic carbocycles. The van der Waals surface area contributed by atoms with Crippen molar-refractivity contribution in [3.8, 4) is 0 Å². The van der Waals surface area contributed by atoms with Crippen LogP contribution in [0.3, 0.4) is 0 Å². The molecule has 2 rings (SSSR count). The molecule has 0 unspecified atom stereocenters. The Morgan fingerprint density at radius 3 is 3.00 bits per heavy atom. The molecule has 0 saturated heterocycles. The van der Waals surface area contributed by atoms with Crippen LogP contribution in [0.15, 0.2) is 30.7 Å². The van der Waals surface area contributed by atoms with Crippen LogP contribution in [0.2, 0.25) is 0 Å². The van der Waals surface area contributed by atoms with Crippen molar-refractivity contribution in [3.05, 3.63) is 42.2 Å². The maximum Gasteiger partial charge on any atom is 0.140 e. The fourth-order valence-electron chi connectivity index (χ4n) is 1.65. The lowest BCUT2D eigenvalue weighted by atomic mass is 10.3. The Morgan fingerprint density at radius 1 is 1.29 bits per heavy atom. The van der Waals surface area contributed by atoms with E-state index in [1.54, 1.807) is 6.33 Å². The Kier molecular flexibility index (Phi) is 4.21. The van der Waals surface area contributed by atoms with E-state index >= 15 is 0 Å². The number of aryl methyl sites for hydroxylation is 1. The molecule has 17 heavy (non-hydrogen) atoms. The molecule has 2 aromatic rings. The van der Waals surface area contributed by atoms with Crippen LogP contribution in [0.5, 0.6) is 0 Å². The van der Waals surface area contributed by atoms with Crippen molar-refractivity contribution in [2.24, 2.45) is 0 Å². The SMILES string of the molecule is CCn1ncnc1CNCCc1ccccn1. The van der Waals surface area contributed by atoms with E-state index in [2.05, 4.69) is 27.3 Å². The van der Waals surface area contributed by atoms with Crippen LogP contribution >= 0.6 is 0 Å². The van der Waals surface area contributed by atoms with Gasteiger partial charge in [0.2, 0.25) is 0 Å². The molecule has 0 fully saturated rings. The number of nitrogens with one attached hydrogen (secondary N) is 1. The van der Waals surface area contributed by atoms with Gasteiger partial charge in [-0.15, -0.1) is 0 Å². The molecule has 0 atom stereocenters. The van der Waals surface area contributed by atoms with E-state index in [1.165, 1.54) is 0 Å². The van der Waals surface area contributed by atoms with E-state index in [0.717, 1.165) is 37.6 Å². The Bertz CT molecular complexity index is 437. The lowest BCUT2D eigenvalue weighted by Gasteiger charge is -2.05. The molecule has 0 bridgehead atoms. The highest BCUT2D eigenvalue weighted by molar-refractivity contribution is 5.03. The molecule has 0 aliphatic rings. The number of aromatic nitrogens is 4. The molecule has 0 aliphatic heterocycles. The van der Waals surface area contributed by atoms with Gasteiger partial charge in [-0.05, 0) is 19.1 Å². The molecule has 5 heteroatoms. The maximum absolute atomic E-state index is 4.27. The number of nitrogens with zero attached hydrogens (tertiary/aromatic N) is 4. The normalized spacial score (nSPS) is 10.6. The molecule has 90 valence electrons. The van der Waals surface area contributed by atoms with Gasteiger partial charge in [0.05, 0.1) is 6.54 Å². The monoisotopic (exact) mass is 231 g/mol. The summed E-state index contributed by atoms with van der Waals surface area (Å²) in [4.78, 5) is 8.48. The smallest absolute Gasteiger partial charge is 0.140 e. The molecule has 0 aromatic carbocycles. The molecule has 5 nitrogen and oxygen atoms in total. The summed E-state index contributed by atoms with van der Waals surface area (Å²) in [6, 6.07) is 5.98. The molecule has 0 radical (unpaired) electrons. The lowest BCUT2D eigenvalue weighted by Crippen LogP contribution is -2.20. The Labute approximate surface area is 101 Å². The fraction of sp³-hybridized carbons (Fsp3) is 0.417. The first-order chi connectivity index (χ1) is 8.40. The van der Waals surface area contributed by atoms with E-state index < -0.39 is 0 Å². The highest BCUT2D eigenvalue weighted by atomic mass is 15.3. The number of rotatable bonds is 6. The van der Waals surface area contributed by atoms with E-state index in [0.29, 0.717) is 0 Å². The van der Waals surface area contributed by atoms with Crippen molar-refractivity contribution in [1.82, 2.24) is 25.1 Å². The highest BCUT2D eigenvalue weighted by Crippen LogP contribution is 1.95. The topological polar surface area (TPSA) is 55.6 Å². The van der Waals surface area contributed by atoms with Gasteiger partial charge in [-0.3, -0.25) is 4.98 Å². The van der Waals surface area contributed by atoms with Crippen molar-refractivity contribution in [1.29, 1.82) is 0 Å². The standard InChI is InChI=1S/C12H17N5/c1-2-17-12(15-10-16-17)9-13-8-6-11-5-3-4-7-14-11/h3-5,7,10,13H,2,6,8-9H2,1H3. The quantitative estimate of drug-likeness (QED) is 0.754. The van der Waals surface area contributed by atoms with Gasteiger partial charge in [-0.1, -0.05) is 6.07 Å². The van der Waals surface area contributed by atoms with Gasteiger partial charge in [0.1, 0.15) is 12.2 Å². The van der Waals surface area contributed by atoms with Crippen LogP contribution in [0.1, 0.15) is 18.4 Å². The fourth-order valence-corrected chi connectivity index (χ4v) is 1.65. The molecular weight excluding hydrogens is 214 g/mol. The van der Waals surface area contributed by atoms with E-state index in [9.17, 15) is 0 Å². The maximum atomic E-state index is 4.27. The summed E-state index contributed by atoms with van der Waals surface area (Å²) >= 11 is 0. The second-order valence-electron chi connectivity index (χ2n) is 3.74. The second kappa shape index (κ2) is 6.10. The van der Waals surface area contributed by atoms with Crippen LogP contribution in [0.4, 0.5) is 0 Å². The first kappa shape index (κ1) is 11.7. The molecular formula is C12H17N5. The van der Waals surface area contributed by atoms with Crippen molar-refractivity contribution in [2.45, 2.75) is 26.4 Å². The Balaban J connectivity index is 1.73. The zero-order valence-corrected chi connectivity index (χ0v) is 10.0. The summed E-state index contributed by atoms with van der Waals surface area (Å²) in [5, 5.41) is 7.47. The highest BCUT2D eigenvalue weighted by Gasteiger charge is 2.01. The van der Waals surface area contributed by atoms with Crippen LogP contribution in [0, 0.1) is 0 Å². The van der Waals surface area contributed by atoms with Crippen LogP contribution in [-0.4, -0.2) is 26.3 Å². The second-order valence-corrected chi connectivity index (χ2v) is 3.74. The van der Waals surface area contributed by atoms with Crippen LogP contribution in [0.25, 0.3) is 0 Å². The predicted octanol–water partition coefficient (Wildman–Crippen LogP) is 1.03. The third-order valence-corrected chi connectivity index (χ3v) is 2.56. The summed E-state index contributed by atoms with van der Waals surface area (Å²) in [6.07, 6.45) is 4.35. The van der Waals surface area contributed by atoms with E-state index in [1.807, 2.05) is 29.1 Å². The lowest BCUT2D eigenvalue weighted by molar-refractivity contribution is 0.572. The van der Waals surface area contributed by atoms with E-state index in [4.69, 9.17) is 0 Å². The first-order valence-corrected chi connectivity index (χ1v) is 5.87. The van der Waals surface area contributed by atoms with Gasteiger partial charge < -0.3 is 5.32 Å². The molecule has 0 amide bonds. The van der Waals surface area contributed by atoms with Crippen molar-refractivity contribution in [3.63, 3.8) is 0 Å². The first-order valence-electron chi connectivity index (χ1n) is 5.87. The summed E-state index contributed by atoms with van der Waals surface area (Å²) in [5.74, 6) is 0.980. The number of hydrogen-bond donors (Lipinski definition) is 1. The average molecular weight is 231 g/mol. The minimum Gasteiger partial charge on any atom is -0.309 e. The largest absolute Gasteiger partial charge is 0.309 e. The summed E-state index contributed by atoms with van der Waals surface area (Å²) in [5.41, 5.74) is 1.11. The Morgan fingerprint density at radius 2 is 2.24 bits per heavy atom. The van der Waals surface area contributed by atoms with Crippen LogP contribution in [-0.2, 0) is 19.5 Å².